The van der Waals surface area contributed by atoms with Crippen LogP contribution in [0.3, 0.4) is 0 Å². The Morgan fingerprint density at radius 1 is 1.34 bits per heavy atom. The van der Waals surface area contributed by atoms with Crippen LogP contribution in [0.25, 0.3) is 0 Å². The number of nitrogens with one attached hydrogen (secondary N) is 2. The predicted molar refractivity (Wildman–Crippen MR) is 117 cm³/mol. The summed E-state index contributed by atoms with van der Waals surface area (Å²) in [5.41, 5.74) is 0.000957. The number of carbonyl (C=O) groups is 2. The Balaban J connectivity index is 1.48. The molecule has 1 aliphatic heterocycles. The van der Waals surface area contributed by atoms with Crippen molar-refractivity contribution in [2.24, 2.45) is 11.8 Å². The van der Waals surface area contributed by atoms with Gasteiger partial charge in [0.15, 0.2) is 0 Å². The molecule has 0 bridgehead atoms. The van der Waals surface area contributed by atoms with E-state index in [1.54, 1.807) is 18.2 Å². The van der Waals surface area contributed by atoms with Crippen molar-refractivity contribution in [2.45, 2.75) is 51.7 Å². The lowest BCUT2D eigenvalue weighted by Crippen LogP contribution is -2.49. The van der Waals surface area contributed by atoms with E-state index in [1.165, 1.54) is 0 Å². The van der Waals surface area contributed by atoms with E-state index in [0.717, 1.165) is 23.7 Å². The summed E-state index contributed by atoms with van der Waals surface area (Å²) in [5, 5.41) is 5.69. The molecule has 2 amide bonds. The molecule has 1 saturated heterocycles. The highest BCUT2D eigenvalue weighted by Crippen LogP contribution is 2.46. The normalized spacial score (nSPS) is 26.3. The van der Waals surface area contributed by atoms with E-state index in [1.807, 2.05) is 0 Å². The molecule has 1 aromatic carbocycles. The van der Waals surface area contributed by atoms with Gasteiger partial charge >= 0.3 is 7.12 Å². The van der Waals surface area contributed by atoms with Crippen molar-refractivity contribution in [3.63, 3.8) is 0 Å². The molecule has 1 aliphatic carbocycles. The first kappa shape index (κ1) is 22.6. The zero-order valence-electron chi connectivity index (χ0n) is 17.0. The second-order valence-electron chi connectivity index (χ2n) is 8.25. The predicted octanol–water partition coefficient (Wildman–Crippen LogP) is 3.61. The minimum atomic E-state index is -0.469. The standard InChI is InChI=1S/C20H27BBrClN2O4/c1-12(2)15-5-4-6-17-20(15,3)29-21(28-17)11-25-18(26)10-24-19(27)14-9-13(22)7-8-16(14)23/h7-9,12,15,17H,4-6,10-11H2,1-3H3,(H,24,27)(H,25,26)/t15-,17+,20-/m0/s1. The summed E-state index contributed by atoms with van der Waals surface area (Å²) >= 11 is 9.35. The van der Waals surface area contributed by atoms with Crippen LogP contribution in [0.15, 0.2) is 22.7 Å². The Morgan fingerprint density at radius 3 is 2.83 bits per heavy atom. The maximum atomic E-state index is 12.2. The van der Waals surface area contributed by atoms with Crippen LogP contribution in [-0.2, 0) is 14.1 Å². The summed E-state index contributed by atoms with van der Waals surface area (Å²) in [4.78, 5) is 24.4. The maximum Gasteiger partial charge on any atom is 0.478 e. The van der Waals surface area contributed by atoms with Crippen LogP contribution < -0.4 is 10.6 Å². The van der Waals surface area contributed by atoms with Crippen molar-refractivity contribution >= 4 is 46.5 Å². The topological polar surface area (TPSA) is 76.7 Å². The first-order chi connectivity index (χ1) is 13.7. The number of hydrogen-bond donors (Lipinski definition) is 2. The number of hydrogen-bond acceptors (Lipinski definition) is 4. The highest BCUT2D eigenvalue weighted by molar-refractivity contribution is 9.10. The maximum absolute atomic E-state index is 12.2. The average molecular weight is 486 g/mol. The van der Waals surface area contributed by atoms with Crippen LogP contribution in [-0.4, -0.2) is 43.6 Å². The second-order valence-corrected chi connectivity index (χ2v) is 9.57. The van der Waals surface area contributed by atoms with Crippen molar-refractivity contribution in [3.8, 4) is 0 Å². The van der Waals surface area contributed by atoms with Crippen LogP contribution in [0.1, 0.15) is 50.4 Å². The molecule has 1 aromatic rings. The molecule has 3 rings (SSSR count). The second kappa shape index (κ2) is 9.37. The van der Waals surface area contributed by atoms with Gasteiger partial charge in [0.05, 0.1) is 35.3 Å². The largest absolute Gasteiger partial charge is 0.478 e. The third kappa shape index (κ3) is 5.16. The summed E-state index contributed by atoms with van der Waals surface area (Å²) in [7, 11) is -0.469. The number of benzene rings is 1. The Hall–Kier alpha value is -1.09. The molecule has 1 heterocycles. The van der Waals surface area contributed by atoms with Crippen molar-refractivity contribution in [1.29, 1.82) is 0 Å². The number of halogens is 2. The highest BCUT2D eigenvalue weighted by Gasteiger charge is 2.54. The number of fused-ring (bicyclic) bond motifs is 1. The van der Waals surface area contributed by atoms with Crippen LogP contribution >= 0.6 is 27.5 Å². The van der Waals surface area contributed by atoms with E-state index in [0.29, 0.717) is 22.4 Å². The minimum absolute atomic E-state index is 0.0592. The van der Waals surface area contributed by atoms with Gasteiger partial charge in [0.2, 0.25) is 5.91 Å². The molecular formula is C20H27BBrClN2O4. The molecule has 2 aliphatic rings. The molecule has 0 spiro atoms. The van der Waals surface area contributed by atoms with Crippen molar-refractivity contribution in [1.82, 2.24) is 10.6 Å². The zero-order chi connectivity index (χ0) is 21.2. The third-order valence-electron chi connectivity index (χ3n) is 5.91. The molecule has 2 N–H and O–H groups in total. The average Bonchev–Trinajstić information content (AvgIpc) is 3.02. The van der Waals surface area contributed by atoms with Gasteiger partial charge < -0.3 is 19.9 Å². The summed E-state index contributed by atoms with van der Waals surface area (Å²) in [5.74, 6) is 0.242. The summed E-state index contributed by atoms with van der Waals surface area (Å²) in [6.07, 6.45) is 3.56. The molecular weight excluding hydrogens is 458 g/mol. The van der Waals surface area contributed by atoms with Gasteiger partial charge in [-0.05, 0) is 49.8 Å². The lowest BCUT2D eigenvalue weighted by Gasteiger charge is -2.44. The van der Waals surface area contributed by atoms with E-state index in [2.05, 4.69) is 47.3 Å². The van der Waals surface area contributed by atoms with E-state index in [-0.39, 0.29) is 30.6 Å². The van der Waals surface area contributed by atoms with Gasteiger partial charge in [-0.1, -0.05) is 47.8 Å². The molecule has 1 saturated carbocycles. The summed E-state index contributed by atoms with van der Waals surface area (Å²) in [6.45, 7) is 6.42. The Kier molecular flexibility index (Phi) is 7.30. The number of amides is 2. The highest BCUT2D eigenvalue weighted by atomic mass is 79.9. The van der Waals surface area contributed by atoms with Crippen LogP contribution in [0.4, 0.5) is 0 Å². The number of carbonyl (C=O) groups excluding carboxylic acids is 2. The molecule has 6 nitrogen and oxygen atoms in total. The molecule has 0 radical (unpaired) electrons. The van der Waals surface area contributed by atoms with Crippen molar-refractivity contribution in [3.05, 3.63) is 33.3 Å². The Morgan fingerprint density at radius 2 is 2.10 bits per heavy atom. The van der Waals surface area contributed by atoms with E-state index in [9.17, 15) is 9.59 Å². The van der Waals surface area contributed by atoms with Gasteiger partial charge in [-0.25, -0.2) is 0 Å². The van der Waals surface area contributed by atoms with Crippen molar-refractivity contribution in [2.75, 3.05) is 13.0 Å². The first-order valence-electron chi connectivity index (χ1n) is 10.0. The fraction of sp³-hybridized carbons (Fsp3) is 0.600. The summed E-state index contributed by atoms with van der Waals surface area (Å²) in [6, 6.07) is 4.98. The molecule has 0 aromatic heterocycles. The van der Waals surface area contributed by atoms with Crippen LogP contribution in [0.2, 0.25) is 5.02 Å². The van der Waals surface area contributed by atoms with Gasteiger partial charge in [-0.15, -0.1) is 0 Å². The summed E-state index contributed by atoms with van der Waals surface area (Å²) < 4.78 is 13.1. The van der Waals surface area contributed by atoms with Gasteiger partial charge in [-0.2, -0.15) is 0 Å². The molecule has 2 fully saturated rings. The fourth-order valence-electron chi connectivity index (χ4n) is 4.47. The zero-order valence-corrected chi connectivity index (χ0v) is 19.3. The quantitative estimate of drug-likeness (QED) is 0.604. The van der Waals surface area contributed by atoms with Gasteiger partial charge in [-0.3, -0.25) is 9.59 Å². The third-order valence-corrected chi connectivity index (χ3v) is 6.73. The van der Waals surface area contributed by atoms with E-state index in [4.69, 9.17) is 20.9 Å². The van der Waals surface area contributed by atoms with E-state index < -0.39 is 13.0 Å². The lowest BCUT2D eigenvalue weighted by molar-refractivity contribution is -0.119. The minimum Gasteiger partial charge on any atom is -0.404 e. The van der Waals surface area contributed by atoms with Gasteiger partial charge in [0.25, 0.3) is 5.91 Å². The molecule has 3 atom stereocenters. The van der Waals surface area contributed by atoms with Crippen molar-refractivity contribution < 1.29 is 18.9 Å². The smallest absolute Gasteiger partial charge is 0.404 e. The van der Waals surface area contributed by atoms with Gasteiger partial charge in [0.1, 0.15) is 0 Å². The lowest BCUT2D eigenvalue weighted by atomic mass is 9.69. The number of rotatable bonds is 6. The fourth-order valence-corrected chi connectivity index (χ4v) is 5.03. The monoisotopic (exact) mass is 484 g/mol. The van der Waals surface area contributed by atoms with E-state index >= 15 is 0 Å². The first-order valence-corrected chi connectivity index (χ1v) is 11.2. The molecule has 0 unspecified atom stereocenters. The molecule has 29 heavy (non-hydrogen) atoms. The van der Waals surface area contributed by atoms with Crippen LogP contribution in [0.5, 0.6) is 0 Å². The van der Waals surface area contributed by atoms with Crippen LogP contribution in [0, 0.1) is 11.8 Å². The molecule has 9 heteroatoms. The molecule has 158 valence electrons. The Bertz CT molecular complexity index is 781. The van der Waals surface area contributed by atoms with Gasteiger partial charge in [0, 0.05) is 4.47 Å². The SMILES string of the molecule is CC(C)[C@@H]1CCC[C@H]2OB(CNC(=O)CNC(=O)c3cc(Br)ccc3Cl)O[C@]21C. The Labute approximate surface area is 185 Å².